The molecular formula is C26H19ClFNO2. The second-order valence-electron chi connectivity index (χ2n) is 6.74. The Kier molecular flexibility index (Phi) is 6.60. The number of nitrogens with zero attached hydrogens (tertiary/aromatic N) is 1. The third-order valence-corrected chi connectivity index (χ3v) is 4.77. The Hall–Kier alpha value is -3.63. The molecule has 4 rings (SSSR count). The molecule has 3 nitrogen and oxygen atoms in total. The summed E-state index contributed by atoms with van der Waals surface area (Å²) in [6, 6.07) is 28.9. The molecule has 0 saturated heterocycles. The van der Waals surface area contributed by atoms with Gasteiger partial charge in [0, 0.05) is 11.8 Å². The molecule has 0 atom stereocenters. The quantitative estimate of drug-likeness (QED) is 0.282. The lowest BCUT2D eigenvalue weighted by atomic mass is 10.2. The Morgan fingerprint density at radius 2 is 1.52 bits per heavy atom. The van der Waals surface area contributed by atoms with E-state index in [-0.39, 0.29) is 12.4 Å². The van der Waals surface area contributed by atoms with Crippen molar-refractivity contribution in [2.75, 3.05) is 0 Å². The fourth-order valence-electron chi connectivity index (χ4n) is 2.86. The number of hydrogen-bond acceptors (Lipinski definition) is 3. The molecular weight excluding hydrogens is 413 g/mol. The van der Waals surface area contributed by atoms with Crippen LogP contribution in [-0.2, 0) is 6.61 Å². The Morgan fingerprint density at radius 3 is 2.26 bits per heavy atom. The predicted molar refractivity (Wildman–Crippen MR) is 122 cm³/mol. The van der Waals surface area contributed by atoms with E-state index in [9.17, 15) is 4.39 Å². The van der Waals surface area contributed by atoms with Crippen molar-refractivity contribution in [3.8, 4) is 17.2 Å². The summed E-state index contributed by atoms with van der Waals surface area (Å²) in [4.78, 5) is 4.47. The van der Waals surface area contributed by atoms with Gasteiger partial charge in [-0.25, -0.2) is 4.39 Å². The molecule has 0 aromatic heterocycles. The van der Waals surface area contributed by atoms with Crippen LogP contribution in [0.25, 0.3) is 0 Å². The van der Waals surface area contributed by atoms with Crippen LogP contribution in [-0.4, -0.2) is 6.21 Å². The van der Waals surface area contributed by atoms with Crippen molar-refractivity contribution in [1.82, 2.24) is 0 Å². The smallest absolute Gasteiger partial charge is 0.138 e. The minimum atomic E-state index is -0.303. The van der Waals surface area contributed by atoms with Gasteiger partial charge >= 0.3 is 0 Å². The van der Waals surface area contributed by atoms with Gasteiger partial charge in [-0.05, 0) is 66.2 Å². The Morgan fingerprint density at radius 1 is 0.806 bits per heavy atom. The van der Waals surface area contributed by atoms with Gasteiger partial charge in [-0.2, -0.15) is 0 Å². The van der Waals surface area contributed by atoms with Crippen molar-refractivity contribution in [3.63, 3.8) is 0 Å². The summed E-state index contributed by atoms with van der Waals surface area (Å²) in [6.07, 6.45) is 1.72. The summed E-state index contributed by atoms with van der Waals surface area (Å²) in [5.41, 5.74) is 2.09. The van der Waals surface area contributed by atoms with Crippen LogP contribution in [0, 0.1) is 5.82 Å². The Bertz CT molecular complexity index is 1180. The second kappa shape index (κ2) is 9.92. The van der Waals surface area contributed by atoms with Crippen molar-refractivity contribution in [2.24, 2.45) is 4.99 Å². The van der Waals surface area contributed by atoms with E-state index in [2.05, 4.69) is 4.99 Å². The molecule has 0 fully saturated rings. The normalized spacial score (nSPS) is 10.9. The van der Waals surface area contributed by atoms with E-state index in [0.717, 1.165) is 22.7 Å². The fourth-order valence-corrected chi connectivity index (χ4v) is 3.10. The molecule has 4 aromatic carbocycles. The van der Waals surface area contributed by atoms with Crippen LogP contribution in [0.2, 0.25) is 5.02 Å². The third-order valence-electron chi connectivity index (χ3n) is 4.48. The molecule has 5 heteroatoms. The summed E-state index contributed by atoms with van der Waals surface area (Å²) >= 11 is 6.32. The van der Waals surface area contributed by atoms with Crippen LogP contribution in [0.1, 0.15) is 11.1 Å². The Labute approximate surface area is 185 Å². The number of benzene rings is 4. The van der Waals surface area contributed by atoms with Crippen LogP contribution in [0.15, 0.2) is 102 Å². The third kappa shape index (κ3) is 5.71. The van der Waals surface area contributed by atoms with Crippen LogP contribution in [0.3, 0.4) is 0 Å². The second-order valence-corrected chi connectivity index (χ2v) is 7.14. The first-order chi connectivity index (χ1) is 15.2. The molecule has 0 aliphatic heterocycles. The predicted octanol–water partition coefficient (Wildman–Crippen LogP) is 7.60. The van der Waals surface area contributed by atoms with Gasteiger partial charge in [0.05, 0.1) is 10.7 Å². The van der Waals surface area contributed by atoms with Gasteiger partial charge in [0.15, 0.2) is 0 Å². The first-order valence-electron chi connectivity index (χ1n) is 9.70. The monoisotopic (exact) mass is 431 g/mol. The highest BCUT2D eigenvalue weighted by Gasteiger charge is 2.06. The largest absolute Gasteiger partial charge is 0.487 e. The minimum absolute atomic E-state index is 0.108. The highest BCUT2D eigenvalue weighted by molar-refractivity contribution is 6.32. The molecule has 0 unspecified atom stereocenters. The lowest BCUT2D eigenvalue weighted by Gasteiger charge is -2.09. The molecule has 4 aromatic rings. The first kappa shape index (κ1) is 20.6. The van der Waals surface area contributed by atoms with Gasteiger partial charge < -0.3 is 9.47 Å². The SMILES string of the molecule is Fc1ccccc1COc1ccc(C=Nc2ccc(Oc3ccccc3)cc2)cc1Cl. The molecule has 0 heterocycles. The number of hydrogen-bond donors (Lipinski definition) is 0. The van der Waals surface area contributed by atoms with Crippen LogP contribution >= 0.6 is 11.6 Å². The number of ether oxygens (including phenoxy) is 2. The average Bonchev–Trinajstić information content (AvgIpc) is 2.80. The average molecular weight is 432 g/mol. The van der Waals surface area contributed by atoms with E-state index >= 15 is 0 Å². The van der Waals surface area contributed by atoms with E-state index < -0.39 is 0 Å². The maximum absolute atomic E-state index is 13.7. The number of para-hydroxylation sites is 1. The summed E-state index contributed by atoms with van der Waals surface area (Å²) < 4.78 is 25.1. The zero-order valence-corrected chi connectivity index (χ0v) is 17.3. The summed E-state index contributed by atoms with van der Waals surface area (Å²) in [6.45, 7) is 0.108. The standard InChI is InChI=1S/C26H19ClFNO2/c27-24-16-19(10-15-26(24)30-18-20-6-4-5-9-25(20)28)17-29-21-11-13-23(14-12-21)31-22-7-2-1-3-8-22/h1-17H,18H2. The van der Waals surface area contributed by atoms with Gasteiger partial charge in [-0.3, -0.25) is 4.99 Å². The van der Waals surface area contributed by atoms with E-state index in [1.54, 1.807) is 36.5 Å². The summed E-state index contributed by atoms with van der Waals surface area (Å²) in [5.74, 6) is 1.71. The topological polar surface area (TPSA) is 30.8 Å². The van der Waals surface area contributed by atoms with Crippen LogP contribution < -0.4 is 9.47 Å². The molecule has 0 saturated carbocycles. The zero-order chi connectivity index (χ0) is 21.5. The zero-order valence-electron chi connectivity index (χ0n) is 16.5. The summed E-state index contributed by atoms with van der Waals surface area (Å²) in [5, 5.41) is 0.437. The maximum atomic E-state index is 13.7. The molecule has 31 heavy (non-hydrogen) atoms. The Balaban J connectivity index is 1.37. The van der Waals surface area contributed by atoms with Crippen molar-refractivity contribution in [3.05, 3.63) is 119 Å². The molecule has 154 valence electrons. The first-order valence-corrected chi connectivity index (χ1v) is 10.1. The lowest BCUT2D eigenvalue weighted by Crippen LogP contribution is -1.99. The van der Waals surface area contributed by atoms with Gasteiger partial charge in [-0.1, -0.05) is 48.0 Å². The number of rotatable bonds is 7. The molecule has 0 amide bonds. The van der Waals surface area contributed by atoms with Crippen molar-refractivity contribution in [1.29, 1.82) is 0 Å². The van der Waals surface area contributed by atoms with Crippen molar-refractivity contribution >= 4 is 23.5 Å². The molecule has 0 N–H and O–H groups in total. The highest BCUT2D eigenvalue weighted by Crippen LogP contribution is 2.27. The van der Waals surface area contributed by atoms with Crippen molar-refractivity contribution < 1.29 is 13.9 Å². The fraction of sp³-hybridized carbons (Fsp3) is 0.0385. The maximum Gasteiger partial charge on any atom is 0.138 e. The van der Waals surface area contributed by atoms with E-state index in [1.807, 2.05) is 60.7 Å². The van der Waals surface area contributed by atoms with E-state index in [1.165, 1.54) is 6.07 Å². The summed E-state index contributed by atoms with van der Waals surface area (Å²) in [7, 11) is 0. The molecule has 0 spiro atoms. The van der Waals surface area contributed by atoms with Gasteiger partial charge in [-0.15, -0.1) is 0 Å². The van der Waals surface area contributed by atoms with E-state index in [4.69, 9.17) is 21.1 Å². The molecule has 0 aliphatic rings. The van der Waals surface area contributed by atoms with Gasteiger partial charge in [0.1, 0.15) is 29.7 Å². The van der Waals surface area contributed by atoms with Gasteiger partial charge in [0.25, 0.3) is 0 Å². The van der Waals surface area contributed by atoms with Crippen LogP contribution in [0.4, 0.5) is 10.1 Å². The minimum Gasteiger partial charge on any atom is -0.487 e. The van der Waals surface area contributed by atoms with Gasteiger partial charge in [0.2, 0.25) is 0 Å². The lowest BCUT2D eigenvalue weighted by molar-refractivity contribution is 0.300. The van der Waals surface area contributed by atoms with Crippen molar-refractivity contribution in [2.45, 2.75) is 6.61 Å². The molecule has 0 aliphatic carbocycles. The highest BCUT2D eigenvalue weighted by atomic mass is 35.5. The number of aliphatic imine (C=N–C) groups is 1. The number of halogens is 2. The molecule has 0 radical (unpaired) electrons. The molecule has 0 bridgehead atoms. The van der Waals surface area contributed by atoms with Crippen LogP contribution in [0.5, 0.6) is 17.2 Å². The van der Waals surface area contributed by atoms with E-state index in [0.29, 0.717) is 16.3 Å².